The zero-order chi connectivity index (χ0) is 37.8. The van der Waals surface area contributed by atoms with Crippen LogP contribution in [0.1, 0.15) is 89.1 Å². The van der Waals surface area contributed by atoms with Crippen LogP contribution in [0, 0.1) is 24.7 Å². The van der Waals surface area contributed by atoms with Gasteiger partial charge in [-0.05, 0) is 106 Å². The lowest BCUT2D eigenvalue weighted by atomic mass is 9.68. The number of aliphatic hydroxyl groups is 2. The molecule has 0 radical (unpaired) electrons. The first-order valence-corrected chi connectivity index (χ1v) is 21.0. The number of benzene rings is 2. The molecule has 8 rings (SSSR count). The number of anilines is 1. The second-order valence-electron chi connectivity index (χ2n) is 16.4. The van der Waals surface area contributed by atoms with Crippen LogP contribution in [0.4, 0.5) is 5.69 Å². The molecule has 3 aromatic rings. The van der Waals surface area contributed by atoms with Gasteiger partial charge in [-0.15, -0.1) is 4.36 Å². The van der Waals surface area contributed by atoms with E-state index in [4.69, 9.17) is 9.47 Å². The molecule has 5 aliphatic rings. The summed E-state index contributed by atoms with van der Waals surface area (Å²) >= 11 is 0. The van der Waals surface area contributed by atoms with Gasteiger partial charge in [0.05, 0.1) is 55.1 Å². The van der Waals surface area contributed by atoms with Crippen LogP contribution < -0.4 is 14.4 Å². The van der Waals surface area contributed by atoms with E-state index < -0.39 is 33.1 Å². The van der Waals surface area contributed by atoms with Crippen molar-refractivity contribution in [3.63, 3.8) is 0 Å². The molecule has 2 aliphatic carbocycles. The van der Waals surface area contributed by atoms with Gasteiger partial charge in [0.15, 0.2) is 0 Å². The minimum absolute atomic E-state index is 0.0985. The second kappa shape index (κ2) is 14.6. The van der Waals surface area contributed by atoms with Gasteiger partial charge in [0.25, 0.3) is 11.8 Å². The Kier molecular flexibility index (Phi) is 9.99. The fourth-order valence-corrected chi connectivity index (χ4v) is 11.0. The summed E-state index contributed by atoms with van der Waals surface area (Å²) in [5.74, 6) is -0.489. The van der Waals surface area contributed by atoms with Gasteiger partial charge in [0.1, 0.15) is 15.7 Å². The van der Waals surface area contributed by atoms with Gasteiger partial charge in [-0.3, -0.25) is 14.3 Å². The zero-order valence-electron chi connectivity index (χ0n) is 31.4. The highest BCUT2D eigenvalue weighted by atomic mass is 32.2. The lowest BCUT2D eigenvalue weighted by Gasteiger charge is -2.45. The molecule has 11 nitrogen and oxygen atoms in total. The number of rotatable bonds is 3. The molecule has 3 aliphatic heterocycles. The molecule has 1 spiro atoms. The standard InChI is InChI=1S/C42H52N4O7S/c1-26-9-13-36-29(16-26)7-5-15-42(36)24-46-19-31-10-12-35(31)38(48)8-4-6-27(2)28(3)54(51,43-40(49)30-11-14-39(53-25-42)37(46)18-30)44-41(50)32-17-33-23-52-34(22-47)21-45(33)20-32/h4,8-9,11,13-14,16-18,20,27-28,31,34-35,38,47-48H,5-7,10,12,15,19,21-25H2,1-3H3,(H,43,44,49,50,51)/b8-4+/t27-,28+,31-,34+,35+,38-,42-,54?/m0/s1. The van der Waals surface area contributed by atoms with Gasteiger partial charge in [0, 0.05) is 36.0 Å². The van der Waals surface area contributed by atoms with Crippen LogP contribution in [-0.4, -0.2) is 74.6 Å². The van der Waals surface area contributed by atoms with Crippen molar-refractivity contribution in [3.05, 3.63) is 94.3 Å². The summed E-state index contributed by atoms with van der Waals surface area (Å²) < 4.78 is 36.2. The average molecular weight is 757 g/mol. The molecule has 1 unspecified atom stereocenters. The Morgan fingerprint density at radius 1 is 1.13 bits per heavy atom. The smallest absolute Gasteiger partial charge is 0.286 e. The van der Waals surface area contributed by atoms with Crippen molar-refractivity contribution < 1.29 is 33.5 Å². The molecule has 3 N–H and O–H groups in total. The highest BCUT2D eigenvalue weighted by Crippen LogP contribution is 2.46. The Morgan fingerprint density at radius 2 is 1.98 bits per heavy atom. The van der Waals surface area contributed by atoms with E-state index in [-0.39, 0.29) is 53.6 Å². The first kappa shape index (κ1) is 37.0. The van der Waals surface area contributed by atoms with Crippen LogP contribution in [-0.2, 0) is 39.6 Å². The predicted molar refractivity (Wildman–Crippen MR) is 207 cm³/mol. The summed E-state index contributed by atoms with van der Waals surface area (Å²) in [6.45, 7) is 8.19. The maximum Gasteiger partial charge on any atom is 0.286 e. The lowest BCUT2D eigenvalue weighted by Crippen LogP contribution is -2.49. The fourth-order valence-electron chi connectivity index (χ4n) is 9.16. The monoisotopic (exact) mass is 756 g/mol. The lowest BCUT2D eigenvalue weighted by molar-refractivity contribution is -0.0273. The highest BCUT2D eigenvalue weighted by Gasteiger charge is 2.44. The third kappa shape index (κ3) is 6.91. The number of carbonyl (C=O) groups is 2. The third-order valence-corrected chi connectivity index (χ3v) is 15.2. The van der Waals surface area contributed by atoms with E-state index in [2.05, 4.69) is 39.1 Å². The molecule has 4 heterocycles. The maximum atomic E-state index is 15.0. The number of hydrogen-bond donors (Lipinski definition) is 3. The van der Waals surface area contributed by atoms with Crippen molar-refractivity contribution >= 4 is 27.4 Å². The van der Waals surface area contributed by atoms with Crippen molar-refractivity contribution in [3.8, 4) is 5.75 Å². The summed E-state index contributed by atoms with van der Waals surface area (Å²) in [5.41, 5.74) is 5.77. The fraction of sp³-hybridized carbons (Fsp3) is 0.524. The second-order valence-corrected chi connectivity index (χ2v) is 18.6. The van der Waals surface area contributed by atoms with Crippen LogP contribution in [0.25, 0.3) is 0 Å². The third-order valence-electron chi connectivity index (χ3n) is 12.8. The predicted octanol–water partition coefficient (Wildman–Crippen LogP) is 5.49. The number of nitrogens with zero attached hydrogens (tertiary/aromatic N) is 3. The number of ether oxygens (including phenoxy) is 2. The molecular weight excluding hydrogens is 705 g/mol. The molecule has 1 saturated carbocycles. The van der Waals surface area contributed by atoms with E-state index >= 15 is 0 Å². The van der Waals surface area contributed by atoms with E-state index in [0.29, 0.717) is 38.4 Å². The molecule has 1 fully saturated rings. The van der Waals surface area contributed by atoms with Crippen molar-refractivity contribution in [2.24, 2.45) is 22.1 Å². The molecule has 12 heteroatoms. The average Bonchev–Trinajstić information content (AvgIpc) is 3.51. The Balaban J connectivity index is 1.18. The maximum absolute atomic E-state index is 15.0. The number of hydrogen-bond acceptors (Lipinski definition) is 8. The van der Waals surface area contributed by atoms with E-state index in [9.17, 15) is 24.0 Å². The first-order chi connectivity index (χ1) is 25.9. The molecular formula is C42H52N4O7S. The molecule has 288 valence electrons. The number of carbonyl (C=O) groups excluding carboxylic acids is 2. The molecule has 2 bridgehead atoms. The largest absolute Gasteiger partial charge is 0.490 e. The SMILES string of the molecule is Cc1ccc2c(c1)CCC[C@]21COc2ccc3cc2N(C[C@@H]2CC[C@H]2[C@@H](O)/C=C/C[C@H](C)[C@@H](C)S(=O)(NC(=O)c2cc4n(c2)C[C@H](CO)OC4)=NC3=O)C1. The molecule has 54 heavy (non-hydrogen) atoms. The molecule has 1 aromatic heterocycles. The van der Waals surface area contributed by atoms with Gasteiger partial charge in [-0.25, -0.2) is 4.21 Å². The van der Waals surface area contributed by atoms with Gasteiger partial charge in [-0.1, -0.05) is 42.8 Å². The minimum atomic E-state index is -3.68. The van der Waals surface area contributed by atoms with Gasteiger partial charge < -0.3 is 29.2 Å². The molecule has 8 atom stereocenters. The van der Waals surface area contributed by atoms with Crippen molar-refractivity contribution in [1.82, 2.24) is 9.29 Å². The van der Waals surface area contributed by atoms with Crippen molar-refractivity contribution in [2.45, 2.75) is 95.3 Å². The summed E-state index contributed by atoms with van der Waals surface area (Å²) in [4.78, 5) is 30.4. The van der Waals surface area contributed by atoms with E-state index in [1.807, 2.05) is 35.8 Å². The van der Waals surface area contributed by atoms with Crippen LogP contribution in [0.3, 0.4) is 0 Å². The summed E-state index contributed by atoms with van der Waals surface area (Å²) in [6, 6.07) is 13.7. The highest BCUT2D eigenvalue weighted by molar-refractivity contribution is 7.93. The van der Waals surface area contributed by atoms with Crippen LogP contribution in [0.15, 0.2) is 65.2 Å². The summed E-state index contributed by atoms with van der Waals surface area (Å²) in [7, 11) is -3.68. The van der Waals surface area contributed by atoms with Crippen LogP contribution in [0.5, 0.6) is 5.75 Å². The van der Waals surface area contributed by atoms with E-state index in [1.54, 1.807) is 25.3 Å². The number of aromatic nitrogens is 1. The molecule has 0 saturated heterocycles. The summed E-state index contributed by atoms with van der Waals surface area (Å²) in [6.07, 6.45) is 9.95. The van der Waals surface area contributed by atoms with Gasteiger partial charge >= 0.3 is 0 Å². The minimum Gasteiger partial charge on any atom is -0.490 e. The van der Waals surface area contributed by atoms with Crippen LogP contribution in [0.2, 0.25) is 0 Å². The van der Waals surface area contributed by atoms with Gasteiger partial charge in [-0.2, -0.15) is 0 Å². The number of fused-ring (bicyclic) bond motifs is 5. The number of allylic oxidation sites excluding steroid dienone is 1. The van der Waals surface area contributed by atoms with Crippen molar-refractivity contribution in [2.75, 3.05) is 31.2 Å². The zero-order valence-corrected chi connectivity index (χ0v) is 32.2. The molecule has 2 aromatic carbocycles. The quantitative estimate of drug-likeness (QED) is 0.298. The summed E-state index contributed by atoms with van der Waals surface area (Å²) in [5, 5.41) is 20.3. The van der Waals surface area contributed by atoms with Gasteiger partial charge in [0.2, 0.25) is 0 Å². The first-order valence-electron chi connectivity index (χ1n) is 19.5. The van der Waals surface area contributed by atoms with E-state index in [1.165, 1.54) is 16.7 Å². The number of amides is 2. The Labute approximate surface area is 318 Å². The molecule has 2 amide bonds. The Morgan fingerprint density at radius 3 is 2.78 bits per heavy atom. The van der Waals surface area contributed by atoms with E-state index in [0.717, 1.165) is 43.5 Å². The Bertz CT molecular complexity index is 2100. The number of nitrogens with one attached hydrogen (secondary N) is 1. The number of aliphatic hydroxyl groups excluding tert-OH is 2. The number of aryl methyl sites for hydroxylation is 2. The Hall–Kier alpha value is -3.97. The van der Waals surface area contributed by atoms with Crippen LogP contribution >= 0.6 is 0 Å². The normalized spacial score (nSPS) is 32.8. The van der Waals surface area contributed by atoms with Crippen molar-refractivity contribution in [1.29, 1.82) is 0 Å². The topological polar surface area (TPSA) is 143 Å².